The lowest BCUT2D eigenvalue weighted by molar-refractivity contribution is -0.151. The number of hydrogen-bond acceptors (Lipinski definition) is 2. The molecule has 2 fully saturated rings. The van der Waals surface area contributed by atoms with E-state index in [1.54, 1.807) is 0 Å². The predicted octanol–water partition coefficient (Wildman–Crippen LogP) is 5.39. The molecule has 0 aromatic heterocycles. The summed E-state index contributed by atoms with van der Waals surface area (Å²) in [6.45, 7) is 0. The Kier molecular flexibility index (Phi) is 7.46. The zero-order chi connectivity index (χ0) is 14.0. The van der Waals surface area contributed by atoms with Gasteiger partial charge in [0, 0.05) is 6.42 Å². The Morgan fingerprint density at radius 3 is 1.90 bits per heavy atom. The van der Waals surface area contributed by atoms with Crippen LogP contribution in [0.3, 0.4) is 0 Å². The molecule has 1 saturated heterocycles. The van der Waals surface area contributed by atoms with Crippen LogP contribution in [0.2, 0.25) is 0 Å². The molecule has 0 amide bonds. The maximum Gasteiger partial charge on any atom is 0.306 e. The molecule has 0 bridgehead atoms. The van der Waals surface area contributed by atoms with Crippen molar-refractivity contribution in [2.45, 2.75) is 102 Å². The zero-order valence-electron chi connectivity index (χ0n) is 13.1. The fourth-order valence-electron chi connectivity index (χ4n) is 3.81. The van der Waals surface area contributed by atoms with E-state index in [2.05, 4.69) is 0 Å². The first-order valence-corrected chi connectivity index (χ1v) is 9.06. The van der Waals surface area contributed by atoms with Crippen LogP contribution in [-0.4, -0.2) is 12.1 Å². The van der Waals surface area contributed by atoms with Crippen LogP contribution in [0.1, 0.15) is 96.3 Å². The smallest absolute Gasteiger partial charge is 0.306 e. The van der Waals surface area contributed by atoms with Crippen molar-refractivity contribution in [1.29, 1.82) is 0 Å². The number of carbonyl (C=O) groups is 1. The summed E-state index contributed by atoms with van der Waals surface area (Å²) in [7, 11) is 0. The first-order chi connectivity index (χ1) is 9.86. The fraction of sp³-hybridized carbons (Fsp3) is 0.944. The van der Waals surface area contributed by atoms with E-state index in [1.807, 2.05) is 0 Å². The third-order valence-corrected chi connectivity index (χ3v) is 5.08. The molecule has 2 atom stereocenters. The maximum absolute atomic E-state index is 11.9. The Hall–Kier alpha value is -0.530. The molecule has 116 valence electrons. The van der Waals surface area contributed by atoms with E-state index in [9.17, 15) is 4.79 Å². The van der Waals surface area contributed by atoms with E-state index < -0.39 is 0 Å². The molecule has 2 nitrogen and oxygen atoms in total. The highest BCUT2D eigenvalue weighted by atomic mass is 16.5. The van der Waals surface area contributed by atoms with Crippen LogP contribution in [-0.2, 0) is 9.53 Å². The second-order valence-electron chi connectivity index (χ2n) is 6.79. The Morgan fingerprint density at radius 2 is 1.20 bits per heavy atom. The monoisotopic (exact) mass is 280 g/mol. The molecular weight excluding hydrogens is 248 g/mol. The SMILES string of the molecule is O=C1CCCCCCCCCCCC[C@@H]2CCC[C@@H]2O1. The lowest BCUT2D eigenvalue weighted by Crippen LogP contribution is -2.22. The molecule has 1 saturated carbocycles. The number of hydrogen-bond donors (Lipinski definition) is 0. The van der Waals surface area contributed by atoms with Gasteiger partial charge < -0.3 is 4.74 Å². The fourth-order valence-corrected chi connectivity index (χ4v) is 3.81. The Balaban J connectivity index is 1.77. The van der Waals surface area contributed by atoms with Crippen molar-refractivity contribution in [3.05, 3.63) is 0 Å². The van der Waals surface area contributed by atoms with E-state index in [1.165, 1.54) is 77.0 Å². The van der Waals surface area contributed by atoms with Gasteiger partial charge in [0.05, 0.1) is 0 Å². The van der Waals surface area contributed by atoms with Gasteiger partial charge in [-0.15, -0.1) is 0 Å². The largest absolute Gasteiger partial charge is 0.462 e. The van der Waals surface area contributed by atoms with Gasteiger partial charge in [0.1, 0.15) is 6.10 Å². The van der Waals surface area contributed by atoms with Gasteiger partial charge in [-0.3, -0.25) is 4.79 Å². The lowest BCUT2D eigenvalue weighted by atomic mass is 9.96. The van der Waals surface area contributed by atoms with Crippen LogP contribution < -0.4 is 0 Å². The highest BCUT2D eigenvalue weighted by Crippen LogP contribution is 2.33. The van der Waals surface area contributed by atoms with Gasteiger partial charge in [0.2, 0.25) is 0 Å². The summed E-state index contributed by atoms with van der Waals surface area (Å²) < 4.78 is 5.74. The van der Waals surface area contributed by atoms with E-state index in [4.69, 9.17) is 4.74 Å². The molecule has 0 spiro atoms. The standard InChI is InChI=1S/C18H32O2/c19-18-15-10-8-6-4-2-1-3-5-7-9-12-16-13-11-14-17(16)20-18/h16-17H,1-15H2/t16-,17+/m1/s1. The minimum absolute atomic E-state index is 0.0639. The van der Waals surface area contributed by atoms with Gasteiger partial charge >= 0.3 is 5.97 Å². The van der Waals surface area contributed by atoms with Gasteiger partial charge in [0.15, 0.2) is 0 Å². The summed E-state index contributed by atoms with van der Waals surface area (Å²) in [5.41, 5.74) is 0. The summed E-state index contributed by atoms with van der Waals surface area (Å²) in [6, 6.07) is 0. The molecule has 1 aliphatic carbocycles. The molecule has 1 heterocycles. The second kappa shape index (κ2) is 9.41. The minimum atomic E-state index is 0.0639. The summed E-state index contributed by atoms with van der Waals surface area (Å²) in [4.78, 5) is 11.9. The third kappa shape index (κ3) is 5.85. The highest BCUT2D eigenvalue weighted by Gasteiger charge is 2.29. The topological polar surface area (TPSA) is 26.3 Å². The average Bonchev–Trinajstić information content (AvgIpc) is 2.86. The van der Waals surface area contributed by atoms with E-state index in [0.29, 0.717) is 12.3 Å². The normalized spacial score (nSPS) is 31.5. The lowest BCUT2D eigenvalue weighted by Gasteiger charge is -2.20. The Labute approximate surface area is 124 Å². The van der Waals surface area contributed by atoms with Crippen molar-refractivity contribution < 1.29 is 9.53 Å². The molecule has 0 aromatic rings. The molecule has 20 heavy (non-hydrogen) atoms. The first kappa shape index (κ1) is 15.9. The number of rotatable bonds is 0. The van der Waals surface area contributed by atoms with Gasteiger partial charge in [-0.1, -0.05) is 57.8 Å². The molecule has 2 rings (SSSR count). The molecule has 2 aliphatic rings. The summed E-state index contributed by atoms with van der Waals surface area (Å²) in [5.74, 6) is 0.723. The molecule has 0 aromatic carbocycles. The van der Waals surface area contributed by atoms with Crippen molar-refractivity contribution in [3.8, 4) is 0 Å². The second-order valence-corrected chi connectivity index (χ2v) is 6.79. The summed E-state index contributed by atoms with van der Waals surface area (Å²) >= 11 is 0. The number of ether oxygens (including phenoxy) is 1. The zero-order valence-corrected chi connectivity index (χ0v) is 13.1. The van der Waals surface area contributed by atoms with Crippen LogP contribution >= 0.6 is 0 Å². The van der Waals surface area contributed by atoms with Crippen molar-refractivity contribution in [1.82, 2.24) is 0 Å². The average molecular weight is 280 g/mol. The van der Waals surface area contributed by atoms with Crippen LogP contribution in [0.5, 0.6) is 0 Å². The van der Waals surface area contributed by atoms with Crippen LogP contribution in [0, 0.1) is 5.92 Å². The molecule has 0 unspecified atom stereocenters. The molecular formula is C18H32O2. The van der Waals surface area contributed by atoms with Crippen molar-refractivity contribution >= 4 is 5.97 Å². The van der Waals surface area contributed by atoms with Crippen molar-refractivity contribution in [2.75, 3.05) is 0 Å². The van der Waals surface area contributed by atoms with Crippen molar-refractivity contribution in [2.24, 2.45) is 5.92 Å². The van der Waals surface area contributed by atoms with Gasteiger partial charge in [-0.25, -0.2) is 0 Å². The highest BCUT2D eigenvalue weighted by molar-refractivity contribution is 5.69. The number of esters is 1. The van der Waals surface area contributed by atoms with E-state index >= 15 is 0 Å². The number of carbonyl (C=O) groups excluding carboxylic acids is 1. The van der Waals surface area contributed by atoms with Crippen LogP contribution in [0.4, 0.5) is 0 Å². The van der Waals surface area contributed by atoms with Gasteiger partial charge in [-0.2, -0.15) is 0 Å². The Morgan fingerprint density at radius 1 is 0.650 bits per heavy atom. The minimum Gasteiger partial charge on any atom is -0.462 e. The molecule has 0 N–H and O–H groups in total. The summed E-state index contributed by atoms with van der Waals surface area (Å²) in [6.07, 6.45) is 19.0. The predicted molar refractivity (Wildman–Crippen MR) is 82.6 cm³/mol. The maximum atomic E-state index is 11.9. The quantitative estimate of drug-likeness (QED) is 0.556. The van der Waals surface area contributed by atoms with Crippen molar-refractivity contribution in [3.63, 3.8) is 0 Å². The summed E-state index contributed by atoms with van der Waals surface area (Å²) in [5, 5.41) is 0. The number of fused-ring (bicyclic) bond motifs is 1. The van der Waals surface area contributed by atoms with E-state index in [-0.39, 0.29) is 12.1 Å². The van der Waals surface area contributed by atoms with Crippen LogP contribution in [0.15, 0.2) is 0 Å². The third-order valence-electron chi connectivity index (χ3n) is 5.08. The Bertz CT molecular complexity index is 275. The van der Waals surface area contributed by atoms with Gasteiger partial charge in [0.25, 0.3) is 0 Å². The molecule has 0 radical (unpaired) electrons. The van der Waals surface area contributed by atoms with E-state index in [0.717, 1.165) is 12.8 Å². The first-order valence-electron chi connectivity index (χ1n) is 9.06. The van der Waals surface area contributed by atoms with Crippen LogP contribution in [0.25, 0.3) is 0 Å². The molecule has 2 heteroatoms. The van der Waals surface area contributed by atoms with Gasteiger partial charge in [-0.05, 0) is 38.0 Å². The molecule has 1 aliphatic heterocycles.